The maximum atomic E-state index is 13.1. The van der Waals surface area contributed by atoms with Gasteiger partial charge >= 0.3 is 0 Å². The van der Waals surface area contributed by atoms with Gasteiger partial charge in [0.1, 0.15) is 11.0 Å². The Morgan fingerprint density at radius 3 is 2.29 bits per heavy atom. The Labute approximate surface area is 213 Å². The summed E-state index contributed by atoms with van der Waals surface area (Å²) in [5, 5.41) is 15.5. The normalized spacial score (nSPS) is 12.5. The lowest BCUT2D eigenvalue weighted by atomic mass is 9.97. The largest absolute Gasteiger partial charge is 0.340 e. The van der Waals surface area contributed by atoms with Gasteiger partial charge < -0.3 is 5.32 Å². The zero-order valence-corrected chi connectivity index (χ0v) is 20.9. The number of carbonyl (C=O) groups is 2. The molecule has 0 aliphatic rings. The van der Waals surface area contributed by atoms with Crippen LogP contribution in [0.5, 0.6) is 0 Å². The van der Waals surface area contributed by atoms with Gasteiger partial charge in [0.2, 0.25) is 11.0 Å². The van der Waals surface area contributed by atoms with Crippen LogP contribution in [0, 0.1) is 5.92 Å². The van der Waals surface area contributed by atoms with Crippen LogP contribution in [0.4, 0.5) is 5.13 Å². The van der Waals surface area contributed by atoms with Gasteiger partial charge in [-0.1, -0.05) is 97.8 Å². The summed E-state index contributed by atoms with van der Waals surface area (Å²) in [7, 11) is 0. The van der Waals surface area contributed by atoms with Crippen molar-refractivity contribution in [3.8, 4) is 21.7 Å². The SMILES string of the molecule is CCC(C)C(NC(=O)c1ccc(-c2ccccc2)cc1)C(=O)Nc1nnc(-c2cccc(Cl)c2)s1. The summed E-state index contributed by atoms with van der Waals surface area (Å²) in [6.45, 7) is 3.91. The third-order valence-corrected chi connectivity index (χ3v) is 6.89. The summed E-state index contributed by atoms with van der Waals surface area (Å²) in [4.78, 5) is 26.1. The van der Waals surface area contributed by atoms with Gasteiger partial charge in [-0.3, -0.25) is 14.9 Å². The summed E-state index contributed by atoms with van der Waals surface area (Å²) in [5.74, 6) is -0.716. The number of hydrogen-bond donors (Lipinski definition) is 2. The summed E-state index contributed by atoms with van der Waals surface area (Å²) in [6, 6.07) is 23.9. The second-order valence-electron chi connectivity index (χ2n) is 8.19. The Kier molecular flexibility index (Phi) is 7.90. The molecule has 2 unspecified atom stereocenters. The van der Waals surface area contributed by atoms with E-state index in [0.717, 1.165) is 23.1 Å². The Morgan fingerprint density at radius 2 is 1.60 bits per heavy atom. The number of carbonyl (C=O) groups excluding carboxylic acids is 2. The van der Waals surface area contributed by atoms with Crippen LogP contribution in [-0.2, 0) is 4.79 Å². The molecule has 0 fully saturated rings. The molecule has 2 N–H and O–H groups in total. The quantitative estimate of drug-likeness (QED) is 0.294. The van der Waals surface area contributed by atoms with Crippen molar-refractivity contribution < 1.29 is 9.59 Å². The first-order chi connectivity index (χ1) is 16.9. The molecule has 3 aromatic carbocycles. The molecule has 1 heterocycles. The van der Waals surface area contributed by atoms with E-state index in [0.29, 0.717) is 20.7 Å². The minimum absolute atomic E-state index is 0.0807. The summed E-state index contributed by atoms with van der Waals surface area (Å²) in [5.41, 5.74) is 3.40. The number of aromatic nitrogens is 2. The highest BCUT2D eigenvalue weighted by Crippen LogP contribution is 2.28. The fourth-order valence-electron chi connectivity index (χ4n) is 3.57. The van der Waals surface area contributed by atoms with Gasteiger partial charge in [0.05, 0.1) is 0 Å². The molecule has 0 saturated carbocycles. The molecule has 1 aromatic heterocycles. The van der Waals surface area contributed by atoms with E-state index in [1.807, 2.05) is 68.4 Å². The van der Waals surface area contributed by atoms with Crippen LogP contribution in [-0.4, -0.2) is 28.1 Å². The molecule has 0 spiro atoms. The van der Waals surface area contributed by atoms with Gasteiger partial charge in [-0.15, -0.1) is 10.2 Å². The molecular weight excluding hydrogens is 480 g/mol. The Morgan fingerprint density at radius 1 is 0.914 bits per heavy atom. The van der Waals surface area contributed by atoms with E-state index in [1.54, 1.807) is 24.3 Å². The second kappa shape index (κ2) is 11.3. The lowest BCUT2D eigenvalue weighted by Crippen LogP contribution is -2.47. The molecule has 8 heteroatoms. The average molecular weight is 505 g/mol. The van der Waals surface area contributed by atoms with Gasteiger partial charge in [0, 0.05) is 16.1 Å². The molecule has 35 heavy (non-hydrogen) atoms. The fraction of sp³-hybridized carbons (Fsp3) is 0.185. The number of rotatable bonds is 8. The summed E-state index contributed by atoms with van der Waals surface area (Å²) < 4.78 is 0. The number of amides is 2. The molecule has 0 saturated heterocycles. The standard InChI is InChI=1S/C27H25ClN4O2S/c1-3-17(2)23(25(34)30-27-32-31-26(35-27)21-10-7-11-22(28)16-21)29-24(33)20-14-12-19(13-15-20)18-8-5-4-6-9-18/h4-17,23H,3H2,1-2H3,(H,29,33)(H,30,32,34). The van der Waals surface area contributed by atoms with Crippen LogP contribution in [0.3, 0.4) is 0 Å². The third kappa shape index (κ3) is 6.12. The highest BCUT2D eigenvalue weighted by molar-refractivity contribution is 7.18. The molecule has 2 amide bonds. The molecule has 178 valence electrons. The lowest BCUT2D eigenvalue weighted by Gasteiger charge is -2.23. The first-order valence-electron chi connectivity index (χ1n) is 11.3. The van der Waals surface area contributed by atoms with Crippen molar-refractivity contribution in [1.29, 1.82) is 0 Å². The average Bonchev–Trinajstić information content (AvgIpc) is 3.35. The van der Waals surface area contributed by atoms with Crippen molar-refractivity contribution in [3.63, 3.8) is 0 Å². The highest BCUT2D eigenvalue weighted by Gasteiger charge is 2.27. The molecule has 0 radical (unpaired) electrons. The number of hydrogen-bond acceptors (Lipinski definition) is 5. The monoisotopic (exact) mass is 504 g/mol. The molecule has 6 nitrogen and oxygen atoms in total. The van der Waals surface area contributed by atoms with E-state index >= 15 is 0 Å². The first-order valence-corrected chi connectivity index (χ1v) is 12.5. The minimum Gasteiger partial charge on any atom is -0.340 e. The van der Waals surface area contributed by atoms with Crippen molar-refractivity contribution in [2.45, 2.75) is 26.3 Å². The predicted octanol–water partition coefficient (Wildman–Crippen LogP) is 6.31. The predicted molar refractivity (Wildman–Crippen MR) is 142 cm³/mol. The number of benzene rings is 3. The van der Waals surface area contributed by atoms with Crippen LogP contribution in [0.25, 0.3) is 21.7 Å². The van der Waals surface area contributed by atoms with Crippen molar-refractivity contribution >= 4 is 39.9 Å². The molecule has 4 aromatic rings. The first kappa shape index (κ1) is 24.6. The zero-order chi connectivity index (χ0) is 24.8. The molecule has 2 atom stereocenters. The van der Waals surface area contributed by atoms with E-state index < -0.39 is 6.04 Å². The van der Waals surface area contributed by atoms with E-state index in [2.05, 4.69) is 20.8 Å². The number of halogens is 1. The van der Waals surface area contributed by atoms with Crippen molar-refractivity contribution in [2.75, 3.05) is 5.32 Å². The second-order valence-corrected chi connectivity index (χ2v) is 9.61. The van der Waals surface area contributed by atoms with Gasteiger partial charge in [-0.05, 0) is 41.3 Å². The Balaban J connectivity index is 1.45. The smallest absolute Gasteiger partial charge is 0.251 e. The topological polar surface area (TPSA) is 84.0 Å². The molecule has 0 bridgehead atoms. The molecule has 4 rings (SSSR count). The Bertz CT molecular complexity index is 1310. The van der Waals surface area contributed by atoms with E-state index in [9.17, 15) is 9.59 Å². The van der Waals surface area contributed by atoms with Gasteiger partial charge in [-0.2, -0.15) is 0 Å². The summed E-state index contributed by atoms with van der Waals surface area (Å²) >= 11 is 7.31. The third-order valence-electron chi connectivity index (χ3n) is 5.76. The highest BCUT2D eigenvalue weighted by atomic mass is 35.5. The zero-order valence-electron chi connectivity index (χ0n) is 19.4. The van der Waals surface area contributed by atoms with Crippen molar-refractivity contribution in [1.82, 2.24) is 15.5 Å². The van der Waals surface area contributed by atoms with Crippen molar-refractivity contribution in [3.05, 3.63) is 89.4 Å². The number of nitrogens with zero attached hydrogens (tertiary/aromatic N) is 2. The fourth-order valence-corrected chi connectivity index (χ4v) is 4.50. The van der Waals surface area contributed by atoms with Gasteiger partial charge in [0.15, 0.2) is 0 Å². The van der Waals surface area contributed by atoms with E-state index in [1.165, 1.54) is 11.3 Å². The molecule has 0 aliphatic heterocycles. The van der Waals surface area contributed by atoms with E-state index in [4.69, 9.17) is 11.6 Å². The maximum Gasteiger partial charge on any atom is 0.251 e. The van der Waals surface area contributed by atoms with Crippen molar-refractivity contribution in [2.24, 2.45) is 5.92 Å². The molecular formula is C27H25ClN4O2S. The van der Waals surface area contributed by atoms with Gasteiger partial charge in [0.25, 0.3) is 5.91 Å². The Hall–Kier alpha value is -3.55. The van der Waals surface area contributed by atoms with Crippen LogP contribution in [0.15, 0.2) is 78.9 Å². The van der Waals surface area contributed by atoms with E-state index in [-0.39, 0.29) is 17.7 Å². The van der Waals surface area contributed by atoms with Crippen LogP contribution in [0.2, 0.25) is 5.02 Å². The lowest BCUT2D eigenvalue weighted by molar-refractivity contribution is -0.119. The summed E-state index contributed by atoms with van der Waals surface area (Å²) in [6.07, 6.45) is 0.717. The minimum atomic E-state index is -0.722. The number of anilines is 1. The van der Waals surface area contributed by atoms with Crippen LogP contribution >= 0.6 is 22.9 Å². The number of nitrogens with one attached hydrogen (secondary N) is 2. The molecule has 0 aliphatic carbocycles. The van der Waals surface area contributed by atoms with Crippen LogP contribution in [0.1, 0.15) is 30.6 Å². The van der Waals surface area contributed by atoms with Crippen LogP contribution < -0.4 is 10.6 Å². The van der Waals surface area contributed by atoms with Gasteiger partial charge in [-0.25, -0.2) is 0 Å². The maximum absolute atomic E-state index is 13.1.